The molecule has 0 bridgehead atoms. The van der Waals surface area contributed by atoms with E-state index in [1.165, 1.54) is 0 Å². The van der Waals surface area contributed by atoms with Crippen LogP contribution < -0.4 is 10.2 Å². The van der Waals surface area contributed by atoms with Crippen molar-refractivity contribution in [3.8, 4) is 6.07 Å². The van der Waals surface area contributed by atoms with E-state index >= 15 is 0 Å². The van der Waals surface area contributed by atoms with E-state index in [1.807, 2.05) is 13.0 Å². The molecule has 6 nitrogen and oxygen atoms in total. The number of hydrogen-bond donors (Lipinski definition) is 1. The molecule has 2 rings (SSSR count). The van der Waals surface area contributed by atoms with Gasteiger partial charge in [-0.2, -0.15) is 5.26 Å². The number of imide groups is 1. The van der Waals surface area contributed by atoms with Crippen molar-refractivity contribution >= 4 is 17.6 Å². The number of amides is 2. The van der Waals surface area contributed by atoms with E-state index < -0.39 is 6.04 Å². The summed E-state index contributed by atoms with van der Waals surface area (Å²) >= 11 is 0. The molecular weight excluding hydrogens is 232 g/mol. The Morgan fingerprint density at radius 3 is 3.06 bits per heavy atom. The molecule has 1 aliphatic heterocycles. The van der Waals surface area contributed by atoms with Crippen LogP contribution in [-0.2, 0) is 9.59 Å². The van der Waals surface area contributed by atoms with Crippen LogP contribution in [0.5, 0.6) is 0 Å². The van der Waals surface area contributed by atoms with Gasteiger partial charge in [-0.15, -0.1) is 0 Å². The second-order valence-electron chi connectivity index (χ2n) is 3.95. The van der Waals surface area contributed by atoms with Gasteiger partial charge in [0.2, 0.25) is 11.8 Å². The molecule has 2 heterocycles. The number of pyridine rings is 1. The van der Waals surface area contributed by atoms with Gasteiger partial charge in [-0.25, -0.2) is 4.98 Å². The number of hydrogen-bond acceptors (Lipinski definition) is 5. The Balaban J connectivity index is 2.43. The highest BCUT2D eigenvalue weighted by molar-refractivity contribution is 6.04. The lowest BCUT2D eigenvalue weighted by Gasteiger charge is -2.34. The third-order valence-corrected chi connectivity index (χ3v) is 2.82. The first-order chi connectivity index (χ1) is 8.67. The number of carbonyl (C=O) groups is 2. The Labute approximate surface area is 104 Å². The third kappa shape index (κ3) is 2.02. The maximum Gasteiger partial charge on any atom is 0.249 e. The predicted molar refractivity (Wildman–Crippen MR) is 63.5 cm³/mol. The third-order valence-electron chi connectivity index (χ3n) is 2.82. The smallest absolute Gasteiger partial charge is 0.249 e. The maximum absolute atomic E-state index is 11.7. The van der Waals surface area contributed by atoms with Crippen molar-refractivity contribution in [3.63, 3.8) is 0 Å². The SMILES string of the molecule is CCC1C(=O)NC(=O)CN1c1ncccc1C#N. The highest BCUT2D eigenvalue weighted by atomic mass is 16.2. The minimum absolute atomic E-state index is 0.0376. The molecule has 1 fully saturated rings. The summed E-state index contributed by atoms with van der Waals surface area (Å²) in [5.41, 5.74) is 0.360. The minimum Gasteiger partial charge on any atom is -0.334 e. The predicted octanol–water partition coefficient (Wildman–Crippen LogP) is 0.195. The molecule has 1 aromatic heterocycles. The van der Waals surface area contributed by atoms with Crippen LogP contribution >= 0.6 is 0 Å². The van der Waals surface area contributed by atoms with Crippen molar-refractivity contribution in [3.05, 3.63) is 23.9 Å². The fraction of sp³-hybridized carbons (Fsp3) is 0.333. The van der Waals surface area contributed by atoms with Crippen molar-refractivity contribution in [1.82, 2.24) is 10.3 Å². The van der Waals surface area contributed by atoms with Gasteiger partial charge < -0.3 is 4.90 Å². The van der Waals surface area contributed by atoms with E-state index in [1.54, 1.807) is 23.2 Å². The number of rotatable bonds is 2. The summed E-state index contributed by atoms with van der Waals surface area (Å²) in [6, 6.07) is 4.82. The van der Waals surface area contributed by atoms with Gasteiger partial charge in [0.05, 0.1) is 12.1 Å². The summed E-state index contributed by atoms with van der Waals surface area (Å²) < 4.78 is 0. The number of nitriles is 1. The zero-order chi connectivity index (χ0) is 13.1. The summed E-state index contributed by atoms with van der Waals surface area (Å²) in [6.45, 7) is 1.89. The summed E-state index contributed by atoms with van der Waals surface area (Å²) in [6.07, 6.45) is 2.08. The lowest BCUT2D eigenvalue weighted by atomic mass is 10.1. The maximum atomic E-state index is 11.7. The fourth-order valence-corrected chi connectivity index (χ4v) is 2.01. The van der Waals surface area contributed by atoms with E-state index in [0.717, 1.165) is 0 Å². The first-order valence-corrected chi connectivity index (χ1v) is 5.62. The Kier molecular flexibility index (Phi) is 3.24. The topological polar surface area (TPSA) is 86.1 Å². The van der Waals surface area contributed by atoms with E-state index in [4.69, 9.17) is 5.26 Å². The Morgan fingerprint density at radius 1 is 1.61 bits per heavy atom. The van der Waals surface area contributed by atoms with Crippen molar-refractivity contribution < 1.29 is 9.59 Å². The highest BCUT2D eigenvalue weighted by Crippen LogP contribution is 2.21. The molecule has 1 aromatic rings. The van der Waals surface area contributed by atoms with Crippen molar-refractivity contribution in [2.75, 3.05) is 11.4 Å². The normalized spacial score (nSPS) is 19.3. The van der Waals surface area contributed by atoms with Crippen molar-refractivity contribution in [1.29, 1.82) is 5.26 Å². The number of nitrogens with zero attached hydrogens (tertiary/aromatic N) is 3. The Morgan fingerprint density at radius 2 is 2.39 bits per heavy atom. The summed E-state index contributed by atoms with van der Waals surface area (Å²) in [5.74, 6) is -0.336. The molecule has 6 heteroatoms. The van der Waals surface area contributed by atoms with Crippen LogP contribution in [0.15, 0.2) is 18.3 Å². The fourth-order valence-electron chi connectivity index (χ4n) is 2.01. The second kappa shape index (κ2) is 4.84. The van der Waals surface area contributed by atoms with Crippen molar-refractivity contribution in [2.45, 2.75) is 19.4 Å². The molecule has 0 aromatic carbocycles. The van der Waals surface area contributed by atoms with Crippen LogP contribution in [0.1, 0.15) is 18.9 Å². The van der Waals surface area contributed by atoms with Gasteiger partial charge in [-0.3, -0.25) is 14.9 Å². The lowest BCUT2D eigenvalue weighted by Crippen LogP contribution is -2.58. The molecule has 1 aliphatic rings. The first-order valence-electron chi connectivity index (χ1n) is 5.62. The second-order valence-corrected chi connectivity index (χ2v) is 3.95. The average molecular weight is 244 g/mol. The molecule has 0 saturated carbocycles. The lowest BCUT2D eigenvalue weighted by molar-refractivity contribution is -0.132. The van der Waals surface area contributed by atoms with Crippen molar-refractivity contribution in [2.24, 2.45) is 0 Å². The van der Waals surface area contributed by atoms with Gasteiger partial charge in [-0.1, -0.05) is 6.92 Å². The van der Waals surface area contributed by atoms with Crippen LogP contribution in [0.25, 0.3) is 0 Å². The van der Waals surface area contributed by atoms with E-state index in [2.05, 4.69) is 10.3 Å². The molecule has 0 aliphatic carbocycles. The molecular formula is C12H12N4O2. The summed E-state index contributed by atoms with van der Waals surface area (Å²) in [4.78, 5) is 28.9. The Hall–Kier alpha value is -2.42. The minimum atomic E-state index is -0.468. The van der Waals surface area contributed by atoms with Crippen LogP contribution in [0, 0.1) is 11.3 Å². The number of aromatic nitrogens is 1. The molecule has 0 spiro atoms. The van der Waals surface area contributed by atoms with Gasteiger partial charge in [0.25, 0.3) is 0 Å². The van der Waals surface area contributed by atoms with E-state index in [-0.39, 0.29) is 18.4 Å². The van der Waals surface area contributed by atoms with Gasteiger partial charge in [0, 0.05) is 6.20 Å². The van der Waals surface area contributed by atoms with Gasteiger partial charge in [-0.05, 0) is 18.6 Å². The van der Waals surface area contributed by atoms with Gasteiger partial charge in [0.15, 0.2) is 0 Å². The molecule has 2 amide bonds. The molecule has 1 N–H and O–H groups in total. The molecule has 1 saturated heterocycles. The zero-order valence-corrected chi connectivity index (χ0v) is 9.88. The number of carbonyl (C=O) groups excluding carboxylic acids is 2. The molecule has 0 radical (unpaired) electrons. The van der Waals surface area contributed by atoms with Crippen LogP contribution in [0.4, 0.5) is 5.82 Å². The first kappa shape index (κ1) is 12.0. The summed E-state index contributed by atoms with van der Waals surface area (Å²) in [7, 11) is 0. The van der Waals surface area contributed by atoms with Gasteiger partial charge in [0.1, 0.15) is 17.9 Å². The standard InChI is InChI=1S/C12H12N4O2/c1-2-9-12(18)15-10(17)7-16(9)11-8(6-13)4-3-5-14-11/h3-5,9H,2,7H2,1H3,(H,15,17,18). The largest absolute Gasteiger partial charge is 0.334 e. The van der Waals surface area contributed by atoms with E-state index in [9.17, 15) is 9.59 Å². The Bertz CT molecular complexity index is 535. The number of anilines is 1. The average Bonchev–Trinajstić information content (AvgIpc) is 2.38. The zero-order valence-electron chi connectivity index (χ0n) is 9.88. The van der Waals surface area contributed by atoms with Crippen LogP contribution in [0.2, 0.25) is 0 Å². The summed E-state index contributed by atoms with van der Waals surface area (Å²) in [5, 5.41) is 11.3. The molecule has 92 valence electrons. The molecule has 18 heavy (non-hydrogen) atoms. The number of piperazine rings is 1. The van der Waals surface area contributed by atoms with Crippen LogP contribution in [0.3, 0.4) is 0 Å². The highest BCUT2D eigenvalue weighted by Gasteiger charge is 2.34. The quantitative estimate of drug-likeness (QED) is 0.751. The molecule has 1 atom stereocenters. The monoisotopic (exact) mass is 244 g/mol. The van der Waals surface area contributed by atoms with Gasteiger partial charge >= 0.3 is 0 Å². The van der Waals surface area contributed by atoms with Crippen LogP contribution in [-0.4, -0.2) is 29.4 Å². The van der Waals surface area contributed by atoms with E-state index in [0.29, 0.717) is 17.8 Å². The number of nitrogens with one attached hydrogen (secondary N) is 1. The molecule has 1 unspecified atom stereocenters.